The number of imidazole rings is 1. The molecular weight excluding hydrogens is 306 g/mol. The molecule has 0 saturated heterocycles. The second-order valence-corrected chi connectivity index (χ2v) is 6.14. The minimum Gasteiger partial charge on any atom is -0.361 e. The number of fused-ring (bicyclic) bond motifs is 1. The molecule has 0 atom stereocenters. The molecule has 1 amide bonds. The fourth-order valence-electron chi connectivity index (χ4n) is 3.13. The van der Waals surface area contributed by atoms with Crippen LogP contribution in [0.3, 0.4) is 0 Å². The number of nitrogens with zero attached hydrogens (tertiary/aromatic N) is 5. The van der Waals surface area contributed by atoms with Gasteiger partial charge in [0.1, 0.15) is 11.6 Å². The van der Waals surface area contributed by atoms with Crippen molar-refractivity contribution in [3.8, 4) is 0 Å². The molecule has 0 saturated carbocycles. The highest BCUT2D eigenvalue weighted by molar-refractivity contribution is 5.92. The number of hydrogen-bond donors (Lipinski definition) is 0. The third kappa shape index (κ3) is 3.36. The van der Waals surface area contributed by atoms with Gasteiger partial charge in [-0.05, 0) is 20.0 Å². The molecule has 3 heterocycles. The minimum absolute atomic E-state index is 0.0668. The Morgan fingerprint density at radius 1 is 1.29 bits per heavy atom. The zero-order valence-corrected chi connectivity index (χ0v) is 14.7. The van der Waals surface area contributed by atoms with Crippen molar-refractivity contribution in [3.05, 3.63) is 35.2 Å². The first-order valence-electron chi connectivity index (χ1n) is 8.60. The summed E-state index contributed by atoms with van der Waals surface area (Å²) in [6, 6.07) is 1.69. The second kappa shape index (κ2) is 7.17. The van der Waals surface area contributed by atoms with Crippen LogP contribution in [-0.2, 0) is 19.5 Å². The SMILES string of the molecule is CCN(CC)Cc1cnc2n1CCN(C(=O)c1cc(C)on1)CC2. The lowest BCUT2D eigenvalue weighted by atomic mass is 10.3. The molecule has 0 aliphatic carbocycles. The van der Waals surface area contributed by atoms with Gasteiger partial charge in [-0.3, -0.25) is 9.69 Å². The van der Waals surface area contributed by atoms with E-state index in [-0.39, 0.29) is 5.91 Å². The summed E-state index contributed by atoms with van der Waals surface area (Å²) in [6.07, 6.45) is 2.74. The first kappa shape index (κ1) is 16.7. The van der Waals surface area contributed by atoms with Gasteiger partial charge in [-0.2, -0.15) is 0 Å². The number of amides is 1. The van der Waals surface area contributed by atoms with Crippen LogP contribution in [-0.4, -0.2) is 56.6 Å². The maximum absolute atomic E-state index is 12.6. The Morgan fingerprint density at radius 2 is 2.08 bits per heavy atom. The van der Waals surface area contributed by atoms with Crippen molar-refractivity contribution in [2.75, 3.05) is 26.2 Å². The normalized spacial score (nSPS) is 14.8. The Morgan fingerprint density at radius 3 is 2.75 bits per heavy atom. The molecule has 0 spiro atoms. The summed E-state index contributed by atoms with van der Waals surface area (Å²) in [7, 11) is 0. The van der Waals surface area contributed by atoms with Gasteiger partial charge in [0.15, 0.2) is 5.69 Å². The van der Waals surface area contributed by atoms with E-state index in [0.29, 0.717) is 24.5 Å². The van der Waals surface area contributed by atoms with Crippen LogP contribution in [0.25, 0.3) is 0 Å². The van der Waals surface area contributed by atoms with E-state index in [4.69, 9.17) is 4.52 Å². The van der Waals surface area contributed by atoms with Crippen LogP contribution in [0, 0.1) is 6.92 Å². The van der Waals surface area contributed by atoms with Gasteiger partial charge in [0, 0.05) is 44.9 Å². The molecule has 24 heavy (non-hydrogen) atoms. The predicted molar refractivity (Wildman–Crippen MR) is 89.7 cm³/mol. The number of rotatable bonds is 5. The fraction of sp³-hybridized carbons (Fsp3) is 0.588. The van der Waals surface area contributed by atoms with Crippen LogP contribution in [0.4, 0.5) is 0 Å². The third-order valence-electron chi connectivity index (χ3n) is 4.63. The number of carbonyl (C=O) groups is 1. The predicted octanol–water partition coefficient (Wildman–Crippen LogP) is 1.72. The van der Waals surface area contributed by atoms with Crippen molar-refractivity contribution in [3.63, 3.8) is 0 Å². The summed E-state index contributed by atoms with van der Waals surface area (Å²) in [6.45, 7) is 11.2. The van der Waals surface area contributed by atoms with Gasteiger partial charge in [0.25, 0.3) is 5.91 Å². The van der Waals surface area contributed by atoms with E-state index in [9.17, 15) is 4.79 Å². The fourth-order valence-corrected chi connectivity index (χ4v) is 3.13. The molecule has 3 rings (SSSR count). The van der Waals surface area contributed by atoms with Crippen LogP contribution in [0.15, 0.2) is 16.8 Å². The van der Waals surface area contributed by atoms with Crippen molar-refractivity contribution in [2.24, 2.45) is 0 Å². The van der Waals surface area contributed by atoms with Crippen molar-refractivity contribution >= 4 is 5.91 Å². The Balaban J connectivity index is 1.71. The van der Waals surface area contributed by atoms with E-state index in [1.165, 1.54) is 5.69 Å². The molecule has 0 aromatic carbocycles. The molecule has 2 aromatic rings. The van der Waals surface area contributed by atoms with Gasteiger partial charge in [0.05, 0.1) is 5.69 Å². The number of aromatic nitrogens is 3. The number of hydrogen-bond acceptors (Lipinski definition) is 5. The maximum atomic E-state index is 12.6. The molecule has 2 aromatic heterocycles. The lowest BCUT2D eigenvalue weighted by molar-refractivity contribution is 0.0748. The van der Waals surface area contributed by atoms with Crippen molar-refractivity contribution in [1.29, 1.82) is 0 Å². The standard InChI is InChI=1S/C17H25N5O2/c1-4-20(5-2)12-14-11-18-16-6-7-21(8-9-22(14)16)17(23)15-10-13(3)24-19-15/h10-11H,4-9,12H2,1-3H3. The average Bonchev–Trinajstić information content (AvgIpc) is 3.12. The Labute approximate surface area is 142 Å². The lowest BCUT2D eigenvalue weighted by Crippen LogP contribution is -2.34. The summed E-state index contributed by atoms with van der Waals surface area (Å²) in [4.78, 5) is 21.3. The van der Waals surface area contributed by atoms with E-state index >= 15 is 0 Å². The summed E-state index contributed by atoms with van der Waals surface area (Å²) in [5.74, 6) is 1.65. The molecule has 0 fully saturated rings. The molecule has 130 valence electrons. The van der Waals surface area contributed by atoms with Crippen LogP contribution in [0.2, 0.25) is 0 Å². The molecule has 0 radical (unpaired) electrons. The molecular formula is C17H25N5O2. The van der Waals surface area contributed by atoms with Crippen molar-refractivity contribution in [2.45, 2.75) is 40.3 Å². The zero-order valence-electron chi connectivity index (χ0n) is 14.7. The summed E-state index contributed by atoms with van der Waals surface area (Å²) < 4.78 is 7.29. The molecule has 0 N–H and O–H groups in total. The zero-order chi connectivity index (χ0) is 17.1. The van der Waals surface area contributed by atoms with E-state index < -0.39 is 0 Å². The van der Waals surface area contributed by atoms with Gasteiger partial charge < -0.3 is 14.0 Å². The Kier molecular flexibility index (Phi) is 4.99. The second-order valence-electron chi connectivity index (χ2n) is 6.14. The van der Waals surface area contributed by atoms with E-state index in [2.05, 4.69) is 33.5 Å². The minimum atomic E-state index is -0.0668. The van der Waals surface area contributed by atoms with E-state index in [1.54, 1.807) is 13.0 Å². The van der Waals surface area contributed by atoms with E-state index in [0.717, 1.165) is 38.4 Å². The quantitative estimate of drug-likeness (QED) is 0.834. The van der Waals surface area contributed by atoms with Crippen LogP contribution >= 0.6 is 0 Å². The highest BCUT2D eigenvalue weighted by atomic mass is 16.5. The average molecular weight is 331 g/mol. The highest BCUT2D eigenvalue weighted by Gasteiger charge is 2.24. The Hall–Kier alpha value is -2.15. The molecule has 7 nitrogen and oxygen atoms in total. The number of aryl methyl sites for hydroxylation is 1. The van der Waals surface area contributed by atoms with Crippen LogP contribution in [0.5, 0.6) is 0 Å². The summed E-state index contributed by atoms with van der Waals surface area (Å²) >= 11 is 0. The largest absolute Gasteiger partial charge is 0.361 e. The molecule has 0 unspecified atom stereocenters. The van der Waals surface area contributed by atoms with Crippen molar-refractivity contribution < 1.29 is 9.32 Å². The maximum Gasteiger partial charge on any atom is 0.276 e. The van der Waals surface area contributed by atoms with Gasteiger partial charge >= 0.3 is 0 Å². The molecule has 7 heteroatoms. The first-order chi connectivity index (χ1) is 11.6. The topological polar surface area (TPSA) is 67.4 Å². The Bertz CT molecular complexity index is 702. The van der Waals surface area contributed by atoms with Gasteiger partial charge in [-0.15, -0.1) is 0 Å². The molecule has 1 aliphatic rings. The van der Waals surface area contributed by atoms with Crippen molar-refractivity contribution in [1.82, 2.24) is 24.5 Å². The lowest BCUT2D eigenvalue weighted by Gasteiger charge is -2.20. The first-order valence-corrected chi connectivity index (χ1v) is 8.60. The van der Waals surface area contributed by atoms with Gasteiger partial charge in [0.2, 0.25) is 0 Å². The monoisotopic (exact) mass is 331 g/mol. The van der Waals surface area contributed by atoms with Crippen LogP contribution < -0.4 is 0 Å². The van der Waals surface area contributed by atoms with Gasteiger partial charge in [-0.1, -0.05) is 19.0 Å². The third-order valence-corrected chi connectivity index (χ3v) is 4.63. The molecule has 1 aliphatic heterocycles. The van der Waals surface area contributed by atoms with E-state index in [1.807, 2.05) is 11.1 Å². The van der Waals surface area contributed by atoms with Gasteiger partial charge in [-0.25, -0.2) is 4.98 Å². The molecule has 0 bridgehead atoms. The highest BCUT2D eigenvalue weighted by Crippen LogP contribution is 2.15. The summed E-state index contributed by atoms with van der Waals surface area (Å²) in [5.41, 5.74) is 1.61. The number of carbonyl (C=O) groups excluding carboxylic acids is 1. The smallest absolute Gasteiger partial charge is 0.276 e. The summed E-state index contributed by atoms with van der Waals surface area (Å²) in [5, 5.41) is 3.84. The van der Waals surface area contributed by atoms with Crippen LogP contribution in [0.1, 0.15) is 41.6 Å².